The number of unbranched alkanes of at least 4 members (excludes halogenated alkanes) is 9. The predicted octanol–water partition coefficient (Wildman–Crippen LogP) is 8.07. The maximum atomic E-state index is 15.1. The highest BCUT2D eigenvalue weighted by Crippen LogP contribution is 2.38. The Morgan fingerprint density at radius 1 is 0.719 bits per heavy atom. The molecule has 0 bridgehead atoms. The number of aromatic nitrogens is 1. The molecular weight excluding hydrogens is 401 g/mol. The molecule has 0 spiro atoms. The quantitative estimate of drug-likeness (QED) is 0.262. The van der Waals surface area contributed by atoms with Gasteiger partial charge in [0.05, 0.1) is 18.9 Å². The highest BCUT2D eigenvalue weighted by molar-refractivity contribution is 5.73. The predicted molar refractivity (Wildman–Crippen MR) is 130 cm³/mol. The number of hydrogen-bond acceptors (Lipinski definition) is 3. The van der Waals surface area contributed by atoms with Crippen LogP contribution in [0.25, 0.3) is 11.1 Å². The first-order chi connectivity index (χ1) is 15.7. The van der Waals surface area contributed by atoms with Gasteiger partial charge in [0.25, 0.3) is 0 Å². The van der Waals surface area contributed by atoms with Crippen molar-refractivity contribution in [2.45, 2.75) is 97.3 Å². The van der Waals surface area contributed by atoms with Gasteiger partial charge in [-0.2, -0.15) is 0 Å². The van der Waals surface area contributed by atoms with Gasteiger partial charge in [0.1, 0.15) is 0 Å². The molecule has 176 valence electrons. The maximum Gasteiger partial charge on any atom is 0.213 e. The third kappa shape index (κ3) is 6.95. The van der Waals surface area contributed by atoms with Crippen molar-refractivity contribution in [1.82, 2.24) is 4.98 Å². The van der Waals surface area contributed by atoms with Gasteiger partial charge in [0.2, 0.25) is 5.88 Å². The van der Waals surface area contributed by atoms with Crippen LogP contribution in [0.2, 0.25) is 0 Å². The van der Waals surface area contributed by atoms with E-state index < -0.39 is 0 Å². The minimum absolute atomic E-state index is 0.201. The van der Waals surface area contributed by atoms with Crippen LogP contribution in [0.3, 0.4) is 0 Å². The summed E-state index contributed by atoms with van der Waals surface area (Å²) in [5, 5.41) is 0. The summed E-state index contributed by atoms with van der Waals surface area (Å²) in [7, 11) is 0. The average Bonchev–Trinajstić information content (AvgIpc) is 2.81. The molecule has 2 aromatic rings. The Kier molecular flexibility index (Phi) is 10.3. The van der Waals surface area contributed by atoms with Crippen LogP contribution in [-0.2, 0) is 12.8 Å². The van der Waals surface area contributed by atoms with Gasteiger partial charge in [-0.15, -0.1) is 0 Å². The van der Waals surface area contributed by atoms with Crippen LogP contribution in [-0.4, -0.2) is 18.2 Å². The Bertz CT molecular complexity index is 836. The van der Waals surface area contributed by atoms with Crippen LogP contribution in [0.4, 0.5) is 4.39 Å². The Morgan fingerprint density at radius 2 is 1.34 bits per heavy atom. The summed E-state index contributed by atoms with van der Waals surface area (Å²) in [6.45, 7) is 5.71. The number of hydrogen-bond donors (Lipinski definition) is 0. The second-order valence-electron chi connectivity index (χ2n) is 8.93. The van der Waals surface area contributed by atoms with Gasteiger partial charge < -0.3 is 9.47 Å². The third-order valence-electron chi connectivity index (χ3n) is 6.31. The molecule has 1 aliphatic carbocycles. The molecule has 0 fully saturated rings. The normalized spacial score (nSPS) is 12.3. The number of aryl methyl sites for hydroxylation is 1. The minimum atomic E-state index is -0.201. The molecule has 3 rings (SSSR count). The molecular formula is C28H40FNO2. The first-order valence-corrected chi connectivity index (χ1v) is 12.8. The zero-order chi connectivity index (χ0) is 22.6. The second kappa shape index (κ2) is 13.4. The van der Waals surface area contributed by atoms with Crippen molar-refractivity contribution in [3.05, 3.63) is 41.3 Å². The highest BCUT2D eigenvalue weighted by Gasteiger charge is 2.23. The fourth-order valence-corrected chi connectivity index (χ4v) is 4.40. The van der Waals surface area contributed by atoms with Crippen LogP contribution >= 0.6 is 0 Å². The molecule has 0 aliphatic heterocycles. The van der Waals surface area contributed by atoms with Gasteiger partial charge in [0.15, 0.2) is 11.6 Å². The molecule has 1 aliphatic rings. The molecule has 4 heteroatoms. The fraction of sp³-hybridized carbons (Fsp3) is 0.607. The molecule has 0 radical (unpaired) electrons. The molecule has 0 saturated heterocycles. The van der Waals surface area contributed by atoms with Crippen molar-refractivity contribution < 1.29 is 13.9 Å². The number of rotatable bonds is 15. The van der Waals surface area contributed by atoms with Crippen LogP contribution < -0.4 is 9.47 Å². The highest BCUT2D eigenvalue weighted by atomic mass is 19.1. The monoisotopic (exact) mass is 441 g/mol. The number of ether oxygens (including phenoxy) is 2. The van der Waals surface area contributed by atoms with E-state index in [1.165, 1.54) is 51.4 Å². The summed E-state index contributed by atoms with van der Waals surface area (Å²) in [4.78, 5) is 4.69. The molecule has 32 heavy (non-hydrogen) atoms. The van der Waals surface area contributed by atoms with Crippen LogP contribution in [0.1, 0.15) is 95.7 Å². The van der Waals surface area contributed by atoms with E-state index in [4.69, 9.17) is 9.47 Å². The lowest BCUT2D eigenvalue weighted by Crippen LogP contribution is -2.11. The van der Waals surface area contributed by atoms with E-state index in [0.717, 1.165) is 48.1 Å². The van der Waals surface area contributed by atoms with Crippen LogP contribution in [0.5, 0.6) is 11.6 Å². The Balaban J connectivity index is 1.51. The van der Waals surface area contributed by atoms with Crippen LogP contribution in [0, 0.1) is 5.82 Å². The number of nitrogens with zero attached hydrogens (tertiary/aromatic N) is 1. The Morgan fingerprint density at radius 3 is 2.12 bits per heavy atom. The van der Waals surface area contributed by atoms with E-state index in [-0.39, 0.29) is 5.82 Å². The van der Waals surface area contributed by atoms with Crippen molar-refractivity contribution in [3.8, 4) is 22.8 Å². The zero-order valence-corrected chi connectivity index (χ0v) is 20.1. The van der Waals surface area contributed by atoms with Gasteiger partial charge in [0, 0.05) is 11.6 Å². The summed E-state index contributed by atoms with van der Waals surface area (Å²) in [6, 6.07) is 7.70. The van der Waals surface area contributed by atoms with Gasteiger partial charge in [-0.05, 0) is 48.9 Å². The third-order valence-corrected chi connectivity index (χ3v) is 6.31. The van der Waals surface area contributed by atoms with Gasteiger partial charge in [-0.25, -0.2) is 9.37 Å². The van der Waals surface area contributed by atoms with E-state index in [9.17, 15) is 0 Å². The summed E-state index contributed by atoms with van der Waals surface area (Å²) in [6.07, 6.45) is 14.8. The lowest BCUT2D eigenvalue weighted by Gasteiger charge is -2.21. The standard InChI is InChI=1S/C28H40FNO2/c1-3-5-7-8-9-10-11-13-20-31-26-18-15-22-23-16-19-27(32-21-12-6-4-2)30-25(23)17-14-24(22)28(26)29/h15-16,18-19H,3-14,17,20-21H2,1-2H3. The molecule has 0 amide bonds. The molecule has 0 atom stereocenters. The molecule has 0 saturated carbocycles. The van der Waals surface area contributed by atoms with E-state index in [1.54, 1.807) is 6.07 Å². The Labute approximate surface area is 193 Å². The summed E-state index contributed by atoms with van der Waals surface area (Å²) in [5.74, 6) is 0.862. The smallest absolute Gasteiger partial charge is 0.213 e. The minimum Gasteiger partial charge on any atom is -0.491 e. The van der Waals surface area contributed by atoms with Gasteiger partial charge >= 0.3 is 0 Å². The van der Waals surface area contributed by atoms with E-state index >= 15 is 4.39 Å². The topological polar surface area (TPSA) is 31.4 Å². The van der Waals surface area contributed by atoms with Crippen molar-refractivity contribution in [1.29, 1.82) is 0 Å². The average molecular weight is 442 g/mol. The fourth-order valence-electron chi connectivity index (χ4n) is 4.40. The maximum absolute atomic E-state index is 15.1. The van der Waals surface area contributed by atoms with Crippen molar-refractivity contribution in [2.24, 2.45) is 0 Å². The molecule has 1 aromatic heterocycles. The molecule has 1 heterocycles. The summed E-state index contributed by atoms with van der Waals surface area (Å²) in [5.41, 5.74) is 3.70. The Hall–Kier alpha value is -2.10. The second-order valence-corrected chi connectivity index (χ2v) is 8.93. The van der Waals surface area contributed by atoms with Crippen LogP contribution in [0.15, 0.2) is 24.3 Å². The van der Waals surface area contributed by atoms with Crippen molar-refractivity contribution in [2.75, 3.05) is 13.2 Å². The number of halogens is 1. The molecule has 0 N–H and O–H groups in total. The van der Waals surface area contributed by atoms with Gasteiger partial charge in [-0.3, -0.25) is 0 Å². The molecule has 0 unspecified atom stereocenters. The largest absolute Gasteiger partial charge is 0.491 e. The number of fused-ring (bicyclic) bond motifs is 3. The summed E-state index contributed by atoms with van der Waals surface area (Å²) < 4.78 is 26.7. The molecule has 1 aromatic carbocycles. The number of pyridine rings is 1. The van der Waals surface area contributed by atoms with Crippen molar-refractivity contribution >= 4 is 0 Å². The number of benzene rings is 1. The first kappa shape index (κ1) is 24.5. The SMILES string of the molecule is CCCCCCCCCCOc1ccc2c(c1F)CCc1nc(OCCCCC)ccc1-2. The van der Waals surface area contributed by atoms with E-state index in [1.807, 2.05) is 18.2 Å². The first-order valence-electron chi connectivity index (χ1n) is 12.8. The van der Waals surface area contributed by atoms with E-state index in [0.29, 0.717) is 31.3 Å². The van der Waals surface area contributed by atoms with E-state index in [2.05, 4.69) is 18.8 Å². The lowest BCUT2D eigenvalue weighted by molar-refractivity contribution is 0.288. The summed E-state index contributed by atoms with van der Waals surface area (Å²) >= 11 is 0. The van der Waals surface area contributed by atoms with Gasteiger partial charge in [-0.1, -0.05) is 77.7 Å². The lowest BCUT2D eigenvalue weighted by atomic mass is 9.88. The zero-order valence-electron chi connectivity index (χ0n) is 20.1. The molecule has 3 nitrogen and oxygen atoms in total. The van der Waals surface area contributed by atoms with Crippen molar-refractivity contribution in [3.63, 3.8) is 0 Å².